The van der Waals surface area contributed by atoms with Gasteiger partial charge < -0.3 is 9.47 Å². The highest BCUT2D eigenvalue weighted by atomic mass is 16.7. The molecule has 20 heavy (non-hydrogen) atoms. The van der Waals surface area contributed by atoms with E-state index in [1.54, 1.807) is 0 Å². The minimum atomic E-state index is 0.175. The van der Waals surface area contributed by atoms with Crippen molar-refractivity contribution in [2.75, 3.05) is 26.2 Å². The maximum Gasteiger partial charge on any atom is 0.224 e. The zero-order valence-corrected chi connectivity index (χ0v) is 12.1. The van der Waals surface area contributed by atoms with Crippen molar-refractivity contribution in [2.24, 2.45) is 0 Å². The van der Waals surface area contributed by atoms with Crippen molar-refractivity contribution in [3.05, 3.63) is 24.0 Å². The molecule has 0 spiro atoms. The van der Waals surface area contributed by atoms with Crippen molar-refractivity contribution >= 4 is 5.91 Å². The van der Waals surface area contributed by atoms with Gasteiger partial charge in [0, 0.05) is 44.5 Å². The Morgan fingerprint density at radius 1 is 1.35 bits per heavy atom. The van der Waals surface area contributed by atoms with Gasteiger partial charge in [0.1, 0.15) is 0 Å². The summed E-state index contributed by atoms with van der Waals surface area (Å²) in [7, 11) is 0. The lowest BCUT2D eigenvalue weighted by atomic mass is 10.1. The molecule has 2 aliphatic rings. The predicted molar refractivity (Wildman–Crippen MR) is 75.9 cm³/mol. The Kier molecular flexibility index (Phi) is 4.08. The SMILES string of the molecule is CC1c2cccn2CCN1C(=O)CCN1CCCCO1. The number of aromatic nitrogens is 1. The van der Waals surface area contributed by atoms with Crippen LogP contribution in [0.4, 0.5) is 0 Å². The monoisotopic (exact) mass is 277 g/mol. The van der Waals surface area contributed by atoms with Crippen LogP contribution in [0.2, 0.25) is 0 Å². The highest BCUT2D eigenvalue weighted by molar-refractivity contribution is 5.77. The van der Waals surface area contributed by atoms with Gasteiger partial charge in [-0.15, -0.1) is 0 Å². The van der Waals surface area contributed by atoms with Crippen molar-refractivity contribution in [1.82, 2.24) is 14.5 Å². The summed E-state index contributed by atoms with van der Waals surface area (Å²) in [6.45, 7) is 6.28. The van der Waals surface area contributed by atoms with Crippen molar-refractivity contribution in [2.45, 2.75) is 38.8 Å². The van der Waals surface area contributed by atoms with E-state index in [4.69, 9.17) is 4.84 Å². The number of hydroxylamine groups is 2. The average Bonchev–Trinajstić information content (AvgIpc) is 2.96. The summed E-state index contributed by atoms with van der Waals surface area (Å²) >= 11 is 0. The normalized spacial score (nSPS) is 23.6. The molecule has 1 unspecified atom stereocenters. The molecular formula is C15H23N3O2. The number of rotatable bonds is 3. The van der Waals surface area contributed by atoms with Gasteiger partial charge in [-0.05, 0) is 31.9 Å². The summed E-state index contributed by atoms with van der Waals surface area (Å²) in [6.07, 6.45) is 4.94. The van der Waals surface area contributed by atoms with Crippen LogP contribution < -0.4 is 0 Å². The fourth-order valence-corrected chi connectivity index (χ4v) is 3.11. The second-order valence-electron chi connectivity index (χ2n) is 5.61. The van der Waals surface area contributed by atoms with Crippen LogP contribution in [0.5, 0.6) is 0 Å². The van der Waals surface area contributed by atoms with Gasteiger partial charge in [-0.3, -0.25) is 9.63 Å². The van der Waals surface area contributed by atoms with E-state index in [0.717, 1.165) is 32.7 Å². The highest BCUT2D eigenvalue weighted by Gasteiger charge is 2.27. The number of fused-ring (bicyclic) bond motifs is 1. The summed E-state index contributed by atoms with van der Waals surface area (Å²) in [5.74, 6) is 0.235. The highest BCUT2D eigenvalue weighted by Crippen LogP contribution is 2.25. The third-order valence-electron chi connectivity index (χ3n) is 4.31. The standard InChI is InChI=1S/C15H23N3O2/c1-13-14-5-4-7-16(14)10-11-18(13)15(19)6-9-17-8-2-3-12-20-17/h4-5,7,13H,2-3,6,8-12H2,1H3. The topological polar surface area (TPSA) is 37.7 Å². The van der Waals surface area contributed by atoms with E-state index in [9.17, 15) is 4.79 Å². The second kappa shape index (κ2) is 5.97. The molecule has 0 saturated carbocycles. The number of hydrogen-bond acceptors (Lipinski definition) is 3. The zero-order chi connectivity index (χ0) is 13.9. The van der Waals surface area contributed by atoms with E-state index < -0.39 is 0 Å². The van der Waals surface area contributed by atoms with Crippen LogP contribution in [0.1, 0.15) is 37.9 Å². The van der Waals surface area contributed by atoms with Crippen LogP contribution in [-0.4, -0.2) is 46.7 Å². The summed E-state index contributed by atoms with van der Waals surface area (Å²) in [5, 5.41) is 1.94. The van der Waals surface area contributed by atoms with Crippen LogP contribution >= 0.6 is 0 Å². The fourth-order valence-electron chi connectivity index (χ4n) is 3.11. The summed E-state index contributed by atoms with van der Waals surface area (Å²) in [4.78, 5) is 20.0. The van der Waals surface area contributed by atoms with E-state index in [0.29, 0.717) is 13.0 Å². The minimum absolute atomic E-state index is 0.175. The van der Waals surface area contributed by atoms with E-state index in [-0.39, 0.29) is 11.9 Å². The lowest BCUT2D eigenvalue weighted by molar-refractivity contribution is -0.183. The van der Waals surface area contributed by atoms with Crippen molar-refractivity contribution < 1.29 is 9.63 Å². The maximum absolute atomic E-state index is 12.4. The summed E-state index contributed by atoms with van der Waals surface area (Å²) in [6, 6.07) is 4.34. The van der Waals surface area contributed by atoms with Gasteiger partial charge in [0.2, 0.25) is 5.91 Å². The molecule has 1 amide bonds. The third-order valence-corrected chi connectivity index (χ3v) is 4.31. The Bertz CT molecular complexity index is 465. The Morgan fingerprint density at radius 2 is 2.25 bits per heavy atom. The molecule has 1 aromatic heterocycles. The Morgan fingerprint density at radius 3 is 3.05 bits per heavy atom. The molecule has 1 fully saturated rings. The van der Waals surface area contributed by atoms with Crippen molar-refractivity contribution in [3.63, 3.8) is 0 Å². The Hall–Kier alpha value is -1.33. The van der Waals surface area contributed by atoms with E-state index >= 15 is 0 Å². The first kappa shape index (κ1) is 13.6. The molecular weight excluding hydrogens is 254 g/mol. The number of carbonyl (C=O) groups is 1. The largest absolute Gasteiger partial charge is 0.348 e. The molecule has 1 aromatic rings. The molecule has 1 atom stereocenters. The molecule has 2 aliphatic heterocycles. The number of hydrogen-bond donors (Lipinski definition) is 0. The molecule has 1 saturated heterocycles. The molecule has 0 bridgehead atoms. The quantitative estimate of drug-likeness (QED) is 0.845. The van der Waals surface area contributed by atoms with Gasteiger partial charge in [-0.25, -0.2) is 0 Å². The molecule has 0 radical (unpaired) electrons. The first-order valence-electron chi connectivity index (χ1n) is 7.58. The summed E-state index contributed by atoms with van der Waals surface area (Å²) in [5.41, 5.74) is 1.24. The number of amides is 1. The molecule has 0 N–H and O–H groups in total. The Balaban J connectivity index is 1.55. The van der Waals surface area contributed by atoms with E-state index in [1.807, 2.05) is 9.96 Å². The van der Waals surface area contributed by atoms with Crippen molar-refractivity contribution in [1.29, 1.82) is 0 Å². The van der Waals surface area contributed by atoms with Crippen LogP contribution in [0.3, 0.4) is 0 Å². The lowest BCUT2D eigenvalue weighted by Gasteiger charge is -2.35. The molecule has 3 rings (SSSR count). The van der Waals surface area contributed by atoms with Gasteiger partial charge in [-0.1, -0.05) is 0 Å². The maximum atomic E-state index is 12.4. The smallest absolute Gasteiger partial charge is 0.224 e. The van der Waals surface area contributed by atoms with Crippen molar-refractivity contribution in [3.8, 4) is 0 Å². The number of nitrogens with zero attached hydrogens (tertiary/aromatic N) is 3. The average molecular weight is 277 g/mol. The zero-order valence-electron chi connectivity index (χ0n) is 12.1. The molecule has 0 aliphatic carbocycles. The molecule has 3 heterocycles. The molecule has 0 aromatic carbocycles. The van der Waals surface area contributed by atoms with Gasteiger partial charge in [0.05, 0.1) is 12.6 Å². The lowest BCUT2D eigenvalue weighted by Crippen LogP contribution is -2.42. The first-order valence-corrected chi connectivity index (χ1v) is 7.58. The van der Waals surface area contributed by atoms with E-state index in [1.165, 1.54) is 12.1 Å². The minimum Gasteiger partial charge on any atom is -0.348 e. The van der Waals surface area contributed by atoms with Crippen LogP contribution in [-0.2, 0) is 16.2 Å². The fraction of sp³-hybridized carbons (Fsp3) is 0.667. The van der Waals surface area contributed by atoms with Gasteiger partial charge >= 0.3 is 0 Å². The van der Waals surface area contributed by atoms with Gasteiger partial charge in [-0.2, -0.15) is 5.06 Å². The van der Waals surface area contributed by atoms with Crippen LogP contribution in [0, 0.1) is 0 Å². The molecule has 5 heteroatoms. The van der Waals surface area contributed by atoms with Crippen LogP contribution in [0.15, 0.2) is 18.3 Å². The van der Waals surface area contributed by atoms with Crippen LogP contribution in [0.25, 0.3) is 0 Å². The van der Waals surface area contributed by atoms with Gasteiger partial charge in [0.25, 0.3) is 0 Å². The summed E-state index contributed by atoms with van der Waals surface area (Å²) < 4.78 is 2.24. The second-order valence-corrected chi connectivity index (χ2v) is 5.61. The van der Waals surface area contributed by atoms with Gasteiger partial charge in [0.15, 0.2) is 0 Å². The molecule has 5 nitrogen and oxygen atoms in total. The van der Waals surface area contributed by atoms with E-state index in [2.05, 4.69) is 29.8 Å². The Labute approximate surface area is 120 Å². The predicted octanol–water partition coefficient (Wildman–Crippen LogP) is 1.81. The first-order chi connectivity index (χ1) is 9.75. The molecule has 110 valence electrons. The third kappa shape index (κ3) is 2.74. The number of carbonyl (C=O) groups excluding carboxylic acids is 1.